The Hall–Kier alpha value is -2.30. The minimum atomic E-state index is 0.0167. The summed E-state index contributed by atoms with van der Waals surface area (Å²) in [6, 6.07) is 7.86. The molecule has 22 heavy (non-hydrogen) atoms. The number of aryl methyl sites for hydroxylation is 2. The third kappa shape index (κ3) is 3.13. The van der Waals surface area contributed by atoms with Gasteiger partial charge in [0, 0.05) is 19.3 Å². The molecule has 116 valence electrons. The first-order chi connectivity index (χ1) is 10.6. The first-order valence-electron chi connectivity index (χ1n) is 7.66. The summed E-state index contributed by atoms with van der Waals surface area (Å²) in [5, 5.41) is 4.32. The van der Waals surface area contributed by atoms with Gasteiger partial charge in [0.2, 0.25) is 0 Å². The Bertz CT molecular complexity index is 672. The van der Waals surface area contributed by atoms with Crippen molar-refractivity contribution in [2.75, 3.05) is 13.1 Å². The lowest BCUT2D eigenvalue weighted by molar-refractivity contribution is 0.0785. The zero-order chi connectivity index (χ0) is 15.5. The fourth-order valence-electron chi connectivity index (χ4n) is 2.63. The van der Waals surface area contributed by atoms with Crippen molar-refractivity contribution in [2.45, 2.75) is 33.4 Å². The summed E-state index contributed by atoms with van der Waals surface area (Å²) in [6.07, 6.45) is 3.96. The highest BCUT2D eigenvalue weighted by Crippen LogP contribution is 2.19. The second-order valence-electron chi connectivity index (χ2n) is 5.78. The molecule has 0 radical (unpaired) electrons. The molecule has 1 aliphatic heterocycles. The van der Waals surface area contributed by atoms with Crippen molar-refractivity contribution in [3.8, 4) is 5.75 Å². The van der Waals surface area contributed by atoms with Crippen LogP contribution in [0.3, 0.4) is 0 Å². The minimum absolute atomic E-state index is 0.0167. The average Bonchev–Trinajstić information content (AvgIpc) is 3.19. The van der Waals surface area contributed by atoms with E-state index in [9.17, 15) is 4.79 Å². The molecule has 2 aromatic rings. The molecule has 1 aromatic heterocycles. The molecule has 1 amide bonds. The Morgan fingerprint density at radius 3 is 2.77 bits per heavy atom. The molecule has 1 aliphatic rings. The highest BCUT2D eigenvalue weighted by atomic mass is 16.5. The van der Waals surface area contributed by atoms with Crippen molar-refractivity contribution in [1.82, 2.24) is 14.7 Å². The number of hydrogen-bond acceptors (Lipinski definition) is 3. The monoisotopic (exact) mass is 299 g/mol. The van der Waals surface area contributed by atoms with E-state index in [1.807, 2.05) is 30.9 Å². The van der Waals surface area contributed by atoms with Crippen LogP contribution in [0, 0.1) is 13.8 Å². The van der Waals surface area contributed by atoms with Gasteiger partial charge in [-0.1, -0.05) is 12.1 Å². The van der Waals surface area contributed by atoms with Gasteiger partial charge in [0.25, 0.3) is 5.91 Å². The Balaban J connectivity index is 1.64. The van der Waals surface area contributed by atoms with Crippen molar-refractivity contribution in [2.24, 2.45) is 0 Å². The number of aromatic nitrogens is 2. The molecule has 0 N–H and O–H groups in total. The number of rotatable bonds is 4. The number of carbonyl (C=O) groups is 1. The van der Waals surface area contributed by atoms with Gasteiger partial charge in [-0.15, -0.1) is 0 Å². The third-order valence-electron chi connectivity index (χ3n) is 3.95. The van der Waals surface area contributed by atoms with Crippen LogP contribution in [0.4, 0.5) is 0 Å². The first-order valence-corrected chi connectivity index (χ1v) is 7.66. The fourth-order valence-corrected chi connectivity index (χ4v) is 2.63. The first kappa shape index (κ1) is 14.6. The van der Waals surface area contributed by atoms with Gasteiger partial charge in [-0.05, 0) is 49.9 Å². The lowest BCUT2D eigenvalue weighted by atomic mass is 10.1. The normalized spacial score (nSPS) is 14.4. The van der Waals surface area contributed by atoms with Crippen molar-refractivity contribution < 1.29 is 9.53 Å². The zero-order valence-electron chi connectivity index (χ0n) is 13.1. The van der Waals surface area contributed by atoms with Gasteiger partial charge in [0.1, 0.15) is 5.75 Å². The number of ether oxygens (including phenoxy) is 1. The highest BCUT2D eigenvalue weighted by Gasteiger charge is 2.21. The van der Waals surface area contributed by atoms with Crippen molar-refractivity contribution in [3.63, 3.8) is 0 Å². The Morgan fingerprint density at radius 2 is 2.00 bits per heavy atom. The number of hydrogen-bond donors (Lipinski definition) is 0. The fraction of sp³-hybridized carbons (Fsp3) is 0.412. The van der Waals surface area contributed by atoms with E-state index in [1.54, 1.807) is 16.9 Å². The number of amides is 1. The smallest absolute Gasteiger partial charge is 0.274 e. The number of benzene rings is 1. The molecule has 0 saturated carbocycles. The average molecular weight is 299 g/mol. The standard InChI is InChI=1S/C17H21N3O2/c1-13-5-6-14(2)16(11-13)22-12-20-10-7-15(18-20)17(21)19-8-3-4-9-19/h5-7,10-11H,3-4,8-9,12H2,1-2H3. The van der Waals surface area contributed by atoms with Crippen LogP contribution in [0.1, 0.15) is 34.5 Å². The highest BCUT2D eigenvalue weighted by molar-refractivity contribution is 5.92. The number of nitrogens with zero attached hydrogens (tertiary/aromatic N) is 3. The Morgan fingerprint density at radius 1 is 1.23 bits per heavy atom. The largest absolute Gasteiger partial charge is 0.471 e. The van der Waals surface area contributed by atoms with Crippen LogP contribution in [-0.4, -0.2) is 33.7 Å². The summed E-state index contributed by atoms with van der Waals surface area (Å²) in [4.78, 5) is 14.1. The molecule has 0 bridgehead atoms. The van der Waals surface area contributed by atoms with Crippen LogP contribution >= 0.6 is 0 Å². The summed E-state index contributed by atoms with van der Waals surface area (Å²) < 4.78 is 7.46. The van der Waals surface area contributed by atoms with Gasteiger partial charge in [0.05, 0.1) is 0 Å². The summed E-state index contributed by atoms with van der Waals surface area (Å²) in [6.45, 7) is 6.03. The lowest BCUT2D eigenvalue weighted by Gasteiger charge is -2.13. The quantitative estimate of drug-likeness (QED) is 0.872. The van der Waals surface area contributed by atoms with Crippen LogP contribution in [0.25, 0.3) is 0 Å². The van der Waals surface area contributed by atoms with Gasteiger partial charge < -0.3 is 9.64 Å². The molecular weight excluding hydrogens is 278 g/mol. The van der Waals surface area contributed by atoms with E-state index in [0.29, 0.717) is 12.4 Å². The predicted octanol–water partition coefficient (Wildman–Crippen LogP) is 2.77. The maximum Gasteiger partial charge on any atom is 0.274 e. The molecule has 1 aromatic carbocycles. The van der Waals surface area contributed by atoms with Gasteiger partial charge in [0.15, 0.2) is 12.4 Å². The summed E-state index contributed by atoms with van der Waals surface area (Å²) in [5.74, 6) is 0.867. The van der Waals surface area contributed by atoms with E-state index < -0.39 is 0 Å². The van der Waals surface area contributed by atoms with Crippen molar-refractivity contribution >= 4 is 5.91 Å². The SMILES string of the molecule is Cc1ccc(C)c(OCn2ccc(C(=O)N3CCCC3)n2)c1. The number of likely N-dealkylation sites (tertiary alicyclic amines) is 1. The van der Waals surface area contributed by atoms with Crippen molar-refractivity contribution in [1.29, 1.82) is 0 Å². The maximum absolute atomic E-state index is 12.2. The van der Waals surface area contributed by atoms with E-state index in [-0.39, 0.29) is 5.91 Å². The number of carbonyl (C=O) groups excluding carboxylic acids is 1. The summed E-state index contributed by atoms with van der Waals surface area (Å²) >= 11 is 0. The molecule has 5 nitrogen and oxygen atoms in total. The van der Waals surface area contributed by atoms with Crippen LogP contribution in [0.5, 0.6) is 5.75 Å². The molecule has 0 unspecified atom stereocenters. The molecule has 0 aliphatic carbocycles. The zero-order valence-corrected chi connectivity index (χ0v) is 13.1. The second kappa shape index (κ2) is 6.22. The topological polar surface area (TPSA) is 47.4 Å². The molecule has 2 heterocycles. The molecule has 0 spiro atoms. The molecule has 1 fully saturated rings. The molecule has 5 heteroatoms. The maximum atomic E-state index is 12.2. The second-order valence-corrected chi connectivity index (χ2v) is 5.78. The Kier molecular flexibility index (Phi) is 4.13. The summed E-state index contributed by atoms with van der Waals surface area (Å²) in [7, 11) is 0. The molecule has 1 saturated heterocycles. The molecule has 3 rings (SSSR count). The van der Waals surface area contributed by atoms with Gasteiger partial charge >= 0.3 is 0 Å². The molecular formula is C17H21N3O2. The van der Waals surface area contributed by atoms with Crippen LogP contribution in [0.15, 0.2) is 30.5 Å². The van der Waals surface area contributed by atoms with Crippen LogP contribution in [-0.2, 0) is 6.73 Å². The van der Waals surface area contributed by atoms with Crippen LogP contribution in [0.2, 0.25) is 0 Å². The Labute approximate surface area is 130 Å². The van der Waals surface area contributed by atoms with E-state index in [4.69, 9.17) is 4.74 Å². The van der Waals surface area contributed by atoms with Gasteiger partial charge in [-0.2, -0.15) is 5.10 Å². The van der Waals surface area contributed by atoms with Gasteiger partial charge in [-0.3, -0.25) is 4.79 Å². The lowest BCUT2D eigenvalue weighted by Crippen LogP contribution is -2.28. The summed E-state index contributed by atoms with van der Waals surface area (Å²) in [5.41, 5.74) is 2.74. The third-order valence-corrected chi connectivity index (χ3v) is 3.95. The predicted molar refractivity (Wildman–Crippen MR) is 83.9 cm³/mol. The van der Waals surface area contributed by atoms with E-state index >= 15 is 0 Å². The van der Waals surface area contributed by atoms with E-state index in [1.165, 1.54) is 0 Å². The van der Waals surface area contributed by atoms with Crippen LogP contribution < -0.4 is 4.74 Å². The molecule has 0 atom stereocenters. The van der Waals surface area contributed by atoms with E-state index in [2.05, 4.69) is 11.2 Å². The minimum Gasteiger partial charge on any atom is -0.471 e. The van der Waals surface area contributed by atoms with Crippen molar-refractivity contribution in [3.05, 3.63) is 47.3 Å². The van der Waals surface area contributed by atoms with E-state index in [0.717, 1.165) is 42.8 Å². The van der Waals surface area contributed by atoms with Gasteiger partial charge in [-0.25, -0.2) is 4.68 Å².